The van der Waals surface area contributed by atoms with E-state index in [1.54, 1.807) is 0 Å². The number of halogens is 1. The van der Waals surface area contributed by atoms with Crippen molar-refractivity contribution in [2.45, 2.75) is 13.0 Å². The molecule has 0 fully saturated rings. The van der Waals surface area contributed by atoms with E-state index in [9.17, 15) is 18.0 Å². The van der Waals surface area contributed by atoms with Gasteiger partial charge in [0.15, 0.2) is 11.2 Å². The van der Waals surface area contributed by atoms with Gasteiger partial charge in [-0.25, -0.2) is 17.9 Å². The molecule has 0 saturated carbocycles. The third-order valence-corrected chi connectivity index (χ3v) is 5.14. The fourth-order valence-corrected chi connectivity index (χ4v) is 3.10. The van der Waals surface area contributed by atoms with E-state index < -0.39 is 21.3 Å². The number of aromatic nitrogens is 4. The number of hydrogen-bond donors (Lipinski definition) is 1. The topological polar surface area (TPSA) is 108 Å². The molecule has 0 amide bonds. The van der Waals surface area contributed by atoms with E-state index >= 15 is 0 Å². The Labute approximate surface area is 131 Å². The Morgan fingerprint density at radius 1 is 1.23 bits per heavy atom. The lowest BCUT2D eigenvalue weighted by molar-refractivity contribution is 0.579. The quantitative estimate of drug-likeness (QED) is 0.698. The molecule has 0 bridgehead atoms. The highest BCUT2D eigenvalue weighted by Crippen LogP contribution is 2.16. The Hall–Kier alpha value is -1.65. The summed E-state index contributed by atoms with van der Waals surface area (Å²) < 4.78 is 28.7. The number of imidazole rings is 1. The fraction of sp³-hybridized carbons (Fsp3) is 0.545. The summed E-state index contributed by atoms with van der Waals surface area (Å²) in [4.78, 5) is 28.1. The van der Waals surface area contributed by atoms with Crippen LogP contribution in [0.25, 0.3) is 11.2 Å². The fourth-order valence-electron chi connectivity index (χ4n) is 2.14. The third kappa shape index (κ3) is 2.81. The Bertz CT molecular complexity index is 940. The van der Waals surface area contributed by atoms with Gasteiger partial charge in [0.05, 0.1) is 5.75 Å². The molecule has 22 heavy (non-hydrogen) atoms. The smallest absolute Gasteiger partial charge is 0.309 e. The summed E-state index contributed by atoms with van der Waals surface area (Å²) in [6, 6.07) is 0. The maximum Gasteiger partial charge on any atom is 0.332 e. The van der Waals surface area contributed by atoms with E-state index in [1.165, 1.54) is 30.3 Å². The van der Waals surface area contributed by atoms with Crippen LogP contribution in [-0.4, -0.2) is 39.9 Å². The Morgan fingerprint density at radius 3 is 2.45 bits per heavy atom. The summed E-state index contributed by atoms with van der Waals surface area (Å²) >= 11 is 6.02. The van der Waals surface area contributed by atoms with E-state index in [0.29, 0.717) is 0 Å². The molecule has 0 aliphatic heterocycles. The molecular weight excluding hydrogens is 334 g/mol. The summed E-state index contributed by atoms with van der Waals surface area (Å²) in [5, 5.41) is 0.0372. The normalized spacial score (nSPS) is 12.2. The summed E-state index contributed by atoms with van der Waals surface area (Å²) in [6.45, 7) is 0.198. The molecule has 9 nitrogen and oxygen atoms in total. The lowest BCUT2D eigenvalue weighted by Crippen LogP contribution is -2.37. The largest absolute Gasteiger partial charge is 0.332 e. The average Bonchev–Trinajstić information content (AvgIpc) is 2.80. The minimum Gasteiger partial charge on any atom is -0.309 e. The van der Waals surface area contributed by atoms with Crippen LogP contribution in [0.2, 0.25) is 5.28 Å². The molecule has 0 saturated heterocycles. The molecule has 0 aliphatic rings. The van der Waals surface area contributed by atoms with Crippen LogP contribution in [0.1, 0.15) is 6.42 Å². The molecule has 2 aromatic heterocycles. The van der Waals surface area contributed by atoms with Crippen LogP contribution >= 0.6 is 11.6 Å². The Balaban J connectivity index is 2.50. The molecule has 2 heterocycles. The van der Waals surface area contributed by atoms with Gasteiger partial charge in [0.1, 0.15) is 0 Å². The van der Waals surface area contributed by atoms with Gasteiger partial charge in [-0.15, -0.1) is 0 Å². The first kappa shape index (κ1) is 16.7. The minimum absolute atomic E-state index is 0.0372. The maximum atomic E-state index is 12.3. The maximum absolute atomic E-state index is 12.3. The molecule has 0 radical (unpaired) electrons. The average molecular weight is 350 g/mol. The van der Waals surface area contributed by atoms with Crippen molar-refractivity contribution in [2.24, 2.45) is 14.1 Å². The van der Waals surface area contributed by atoms with Crippen molar-refractivity contribution >= 4 is 32.8 Å². The standard InChI is InChI=1S/C11H16ClN5O4S/c1-13-22(20,21)6-4-5-17-7-8(14-10(17)12)15(2)11(19)16(3)9(7)18/h13H,4-6H2,1-3H3. The van der Waals surface area contributed by atoms with Gasteiger partial charge in [0.2, 0.25) is 15.3 Å². The first-order chi connectivity index (χ1) is 10.2. The van der Waals surface area contributed by atoms with Crippen molar-refractivity contribution < 1.29 is 8.42 Å². The van der Waals surface area contributed by atoms with E-state index in [2.05, 4.69) is 9.71 Å². The number of rotatable bonds is 5. The van der Waals surface area contributed by atoms with Gasteiger partial charge in [-0.3, -0.25) is 13.9 Å². The minimum atomic E-state index is -3.34. The molecule has 11 heteroatoms. The predicted octanol–water partition coefficient (Wildman–Crippen LogP) is -0.974. The van der Waals surface area contributed by atoms with Gasteiger partial charge in [-0.05, 0) is 25.1 Å². The first-order valence-electron chi connectivity index (χ1n) is 6.42. The van der Waals surface area contributed by atoms with Crippen LogP contribution in [0, 0.1) is 0 Å². The van der Waals surface area contributed by atoms with E-state index in [0.717, 1.165) is 4.57 Å². The molecule has 0 atom stereocenters. The van der Waals surface area contributed by atoms with Crippen LogP contribution < -0.4 is 16.0 Å². The molecule has 0 aromatic carbocycles. The highest BCUT2D eigenvalue weighted by molar-refractivity contribution is 7.89. The van der Waals surface area contributed by atoms with Gasteiger partial charge in [-0.1, -0.05) is 0 Å². The SMILES string of the molecule is CNS(=O)(=O)CCCn1c(Cl)nc2c1c(=O)n(C)c(=O)n2C. The van der Waals surface area contributed by atoms with Crippen molar-refractivity contribution in [2.75, 3.05) is 12.8 Å². The number of aryl methyl sites for hydroxylation is 2. The zero-order chi connectivity index (χ0) is 16.7. The number of nitrogens with zero attached hydrogens (tertiary/aromatic N) is 4. The second kappa shape index (κ2) is 5.86. The number of nitrogens with one attached hydrogen (secondary N) is 1. The van der Waals surface area contributed by atoms with Crippen LogP contribution in [-0.2, 0) is 30.7 Å². The monoisotopic (exact) mass is 349 g/mol. The molecule has 0 spiro atoms. The van der Waals surface area contributed by atoms with Crippen LogP contribution in [0.4, 0.5) is 0 Å². The van der Waals surface area contributed by atoms with Crippen LogP contribution in [0.5, 0.6) is 0 Å². The van der Waals surface area contributed by atoms with Gasteiger partial charge in [0.25, 0.3) is 5.56 Å². The van der Waals surface area contributed by atoms with E-state index in [-0.39, 0.29) is 35.2 Å². The van der Waals surface area contributed by atoms with Crippen molar-refractivity contribution in [3.63, 3.8) is 0 Å². The molecular formula is C11H16ClN5O4S. The van der Waals surface area contributed by atoms with Crippen molar-refractivity contribution in [1.29, 1.82) is 0 Å². The van der Waals surface area contributed by atoms with Crippen molar-refractivity contribution in [1.82, 2.24) is 23.4 Å². The molecule has 122 valence electrons. The Morgan fingerprint density at radius 2 is 1.86 bits per heavy atom. The lowest BCUT2D eigenvalue weighted by atomic mass is 10.4. The molecule has 0 aliphatic carbocycles. The molecule has 1 N–H and O–H groups in total. The highest BCUT2D eigenvalue weighted by Gasteiger charge is 2.18. The molecule has 2 rings (SSSR count). The van der Waals surface area contributed by atoms with Gasteiger partial charge < -0.3 is 4.57 Å². The van der Waals surface area contributed by atoms with E-state index in [1.807, 2.05) is 0 Å². The van der Waals surface area contributed by atoms with Crippen LogP contribution in [0.15, 0.2) is 9.59 Å². The van der Waals surface area contributed by atoms with Gasteiger partial charge in [-0.2, -0.15) is 4.98 Å². The summed E-state index contributed by atoms with van der Waals surface area (Å²) in [5.41, 5.74) is -0.670. The lowest BCUT2D eigenvalue weighted by Gasteiger charge is -2.07. The van der Waals surface area contributed by atoms with Crippen LogP contribution in [0.3, 0.4) is 0 Å². The summed E-state index contributed by atoms with van der Waals surface area (Å²) in [7, 11) is 0.848. The second-order valence-electron chi connectivity index (χ2n) is 4.79. The zero-order valence-corrected chi connectivity index (χ0v) is 13.9. The number of fused-ring (bicyclic) bond motifs is 1. The van der Waals surface area contributed by atoms with Gasteiger partial charge >= 0.3 is 5.69 Å². The second-order valence-corrected chi connectivity index (χ2v) is 7.17. The third-order valence-electron chi connectivity index (χ3n) is 3.41. The number of hydrogen-bond acceptors (Lipinski definition) is 5. The highest BCUT2D eigenvalue weighted by atomic mass is 35.5. The van der Waals surface area contributed by atoms with Gasteiger partial charge in [0, 0.05) is 20.6 Å². The number of sulfonamides is 1. The molecule has 0 unspecified atom stereocenters. The predicted molar refractivity (Wildman–Crippen MR) is 82.7 cm³/mol. The zero-order valence-electron chi connectivity index (χ0n) is 12.3. The van der Waals surface area contributed by atoms with Crippen molar-refractivity contribution in [3.05, 3.63) is 26.1 Å². The van der Waals surface area contributed by atoms with E-state index in [4.69, 9.17) is 11.6 Å². The Kier molecular flexibility index (Phi) is 4.45. The molecule has 2 aromatic rings. The summed E-state index contributed by atoms with van der Waals surface area (Å²) in [6.07, 6.45) is 0.250. The first-order valence-corrected chi connectivity index (χ1v) is 8.45. The van der Waals surface area contributed by atoms with Crippen molar-refractivity contribution in [3.8, 4) is 0 Å². The summed E-state index contributed by atoms with van der Waals surface area (Å²) in [5.74, 6) is -0.106.